The molecule has 0 aliphatic carbocycles. The molecule has 0 aliphatic rings. The van der Waals surface area contributed by atoms with E-state index in [1.807, 2.05) is 25.7 Å². The number of rotatable bonds is 7. The maximum absolute atomic E-state index is 13.9. The molecule has 118 valence electrons. The van der Waals surface area contributed by atoms with Crippen molar-refractivity contribution in [3.05, 3.63) is 31.6 Å². The summed E-state index contributed by atoms with van der Waals surface area (Å²) in [5.41, 5.74) is 5.79. The van der Waals surface area contributed by atoms with E-state index < -0.39 is 10.7 Å². The van der Waals surface area contributed by atoms with Gasteiger partial charge in [0.25, 0.3) is 5.69 Å². The summed E-state index contributed by atoms with van der Waals surface area (Å²) in [6, 6.07) is 2.53. The Morgan fingerprint density at radius 1 is 1.48 bits per heavy atom. The molecular weight excluding hydrogens is 388 g/mol. The standard InChI is InChI=1S/C14H21FIN3O2/c1-4-5-18(9-14(2,3)8-17)12-6-10(15)11(16)7-13(12)19(20)21/h6-7H,4-5,8-9,17H2,1-3H3. The van der Waals surface area contributed by atoms with Crippen molar-refractivity contribution in [2.75, 3.05) is 24.5 Å². The predicted octanol–water partition coefficient (Wildman–Crippen LogP) is 3.54. The lowest BCUT2D eigenvalue weighted by molar-refractivity contribution is -0.384. The van der Waals surface area contributed by atoms with Crippen LogP contribution in [0.5, 0.6) is 0 Å². The first-order valence-electron chi connectivity index (χ1n) is 6.80. The molecule has 1 aromatic carbocycles. The first-order chi connectivity index (χ1) is 9.71. The van der Waals surface area contributed by atoms with Gasteiger partial charge < -0.3 is 10.6 Å². The molecule has 0 saturated heterocycles. The van der Waals surface area contributed by atoms with Gasteiger partial charge in [0.05, 0.1) is 8.49 Å². The van der Waals surface area contributed by atoms with E-state index in [-0.39, 0.29) is 14.7 Å². The van der Waals surface area contributed by atoms with Crippen molar-refractivity contribution in [2.24, 2.45) is 11.1 Å². The molecule has 1 aromatic rings. The molecule has 0 unspecified atom stereocenters. The third kappa shape index (κ3) is 4.77. The average Bonchev–Trinajstić information content (AvgIpc) is 2.40. The molecule has 0 atom stereocenters. The molecule has 0 radical (unpaired) electrons. The van der Waals surface area contributed by atoms with Gasteiger partial charge in [-0.2, -0.15) is 0 Å². The number of anilines is 1. The molecule has 0 heterocycles. The van der Waals surface area contributed by atoms with Gasteiger partial charge in [-0.05, 0) is 41.0 Å². The molecule has 1 rings (SSSR count). The average molecular weight is 409 g/mol. The summed E-state index contributed by atoms with van der Waals surface area (Å²) < 4.78 is 14.1. The molecule has 0 fully saturated rings. The van der Waals surface area contributed by atoms with Crippen LogP contribution in [-0.4, -0.2) is 24.6 Å². The number of benzene rings is 1. The lowest BCUT2D eigenvalue weighted by Crippen LogP contribution is -2.39. The summed E-state index contributed by atoms with van der Waals surface area (Å²) in [4.78, 5) is 12.6. The van der Waals surface area contributed by atoms with Crippen molar-refractivity contribution in [1.29, 1.82) is 0 Å². The summed E-state index contributed by atoms with van der Waals surface area (Å²) >= 11 is 1.76. The minimum Gasteiger partial charge on any atom is -0.365 e. The normalized spacial score (nSPS) is 11.5. The van der Waals surface area contributed by atoms with Crippen LogP contribution in [0, 0.1) is 24.9 Å². The fourth-order valence-corrected chi connectivity index (χ4v) is 2.51. The Morgan fingerprint density at radius 3 is 2.57 bits per heavy atom. The first kappa shape index (κ1) is 18.1. The van der Waals surface area contributed by atoms with Gasteiger partial charge in [0.15, 0.2) is 0 Å². The Balaban J connectivity index is 3.30. The summed E-state index contributed by atoms with van der Waals surface area (Å²) in [5.74, 6) is -0.442. The molecule has 0 bridgehead atoms. The van der Waals surface area contributed by atoms with Gasteiger partial charge >= 0.3 is 0 Å². The molecule has 21 heavy (non-hydrogen) atoms. The third-order valence-corrected chi connectivity index (χ3v) is 4.05. The zero-order valence-electron chi connectivity index (χ0n) is 12.5. The highest BCUT2D eigenvalue weighted by Gasteiger charge is 2.26. The van der Waals surface area contributed by atoms with E-state index in [1.165, 1.54) is 12.1 Å². The molecule has 0 spiro atoms. The lowest BCUT2D eigenvalue weighted by Gasteiger charge is -2.33. The van der Waals surface area contributed by atoms with E-state index in [1.54, 1.807) is 22.6 Å². The highest BCUT2D eigenvalue weighted by molar-refractivity contribution is 14.1. The number of nitro benzene ring substituents is 1. The van der Waals surface area contributed by atoms with Crippen LogP contribution in [0.2, 0.25) is 0 Å². The maximum Gasteiger partial charge on any atom is 0.293 e. The second kappa shape index (κ2) is 7.35. The summed E-state index contributed by atoms with van der Waals surface area (Å²) in [7, 11) is 0. The number of nitrogens with two attached hydrogens (primary N) is 1. The van der Waals surface area contributed by atoms with Crippen LogP contribution in [0.1, 0.15) is 27.2 Å². The Bertz CT molecular complexity index is 523. The number of hydrogen-bond donors (Lipinski definition) is 1. The molecule has 0 aromatic heterocycles. The van der Waals surface area contributed by atoms with Crippen molar-refractivity contribution in [2.45, 2.75) is 27.2 Å². The van der Waals surface area contributed by atoms with Crippen molar-refractivity contribution >= 4 is 34.0 Å². The zero-order chi connectivity index (χ0) is 16.2. The van der Waals surface area contributed by atoms with E-state index in [0.717, 1.165) is 6.42 Å². The zero-order valence-corrected chi connectivity index (χ0v) is 14.7. The fourth-order valence-electron chi connectivity index (χ4n) is 2.06. The molecular formula is C14H21FIN3O2. The molecule has 5 nitrogen and oxygen atoms in total. The van der Waals surface area contributed by atoms with E-state index >= 15 is 0 Å². The summed E-state index contributed by atoms with van der Waals surface area (Å²) in [6.07, 6.45) is 0.811. The number of nitrogens with zero attached hydrogens (tertiary/aromatic N) is 2. The largest absolute Gasteiger partial charge is 0.365 e. The van der Waals surface area contributed by atoms with Gasteiger partial charge in [0.2, 0.25) is 0 Å². The molecule has 0 amide bonds. The van der Waals surface area contributed by atoms with Crippen LogP contribution in [0.25, 0.3) is 0 Å². The Labute approximate surface area is 138 Å². The lowest BCUT2D eigenvalue weighted by atomic mass is 9.92. The topological polar surface area (TPSA) is 72.4 Å². The Kier molecular flexibility index (Phi) is 6.33. The van der Waals surface area contributed by atoms with Gasteiger partial charge in [0, 0.05) is 25.2 Å². The van der Waals surface area contributed by atoms with Crippen LogP contribution in [0.15, 0.2) is 12.1 Å². The molecule has 7 heteroatoms. The summed E-state index contributed by atoms with van der Waals surface area (Å²) in [5, 5.41) is 11.3. The monoisotopic (exact) mass is 409 g/mol. The molecule has 0 saturated carbocycles. The van der Waals surface area contributed by atoms with Crippen molar-refractivity contribution < 1.29 is 9.31 Å². The smallest absolute Gasteiger partial charge is 0.293 e. The quantitative estimate of drug-likeness (QED) is 0.425. The van der Waals surface area contributed by atoms with E-state index in [9.17, 15) is 14.5 Å². The van der Waals surface area contributed by atoms with Crippen molar-refractivity contribution in [3.8, 4) is 0 Å². The minimum absolute atomic E-state index is 0.0675. The third-order valence-electron chi connectivity index (χ3n) is 3.22. The highest BCUT2D eigenvalue weighted by Crippen LogP contribution is 2.33. The Morgan fingerprint density at radius 2 is 2.10 bits per heavy atom. The molecule has 0 aliphatic heterocycles. The van der Waals surface area contributed by atoms with Crippen molar-refractivity contribution in [3.63, 3.8) is 0 Å². The predicted molar refractivity (Wildman–Crippen MR) is 91.1 cm³/mol. The van der Waals surface area contributed by atoms with Crippen LogP contribution in [0.4, 0.5) is 15.8 Å². The van der Waals surface area contributed by atoms with Gasteiger partial charge in [-0.3, -0.25) is 10.1 Å². The minimum atomic E-state index is -0.463. The fraction of sp³-hybridized carbons (Fsp3) is 0.571. The number of nitro groups is 1. The maximum atomic E-state index is 13.9. The van der Waals surface area contributed by atoms with Gasteiger partial charge in [0.1, 0.15) is 11.5 Å². The van der Waals surface area contributed by atoms with Crippen molar-refractivity contribution in [1.82, 2.24) is 0 Å². The summed E-state index contributed by atoms with van der Waals surface area (Å²) in [6.45, 7) is 7.57. The Hall–Kier alpha value is -0.960. The van der Waals surface area contributed by atoms with E-state index in [4.69, 9.17) is 5.73 Å². The van der Waals surface area contributed by atoms with E-state index in [2.05, 4.69) is 0 Å². The molecule has 2 N–H and O–H groups in total. The second-order valence-electron chi connectivity index (χ2n) is 5.80. The van der Waals surface area contributed by atoms with Gasteiger partial charge in [-0.1, -0.05) is 20.8 Å². The SMILES string of the molecule is CCCN(CC(C)(C)CN)c1cc(F)c(I)cc1[N+](=O)[O-]. The van der Waals surface area contributed by atoms with Crippen LogP contribution in [-0.2, 0) is 0 Å². The number of halogens is 2. The number of hydrogen-bond acceptors (Lipinski definition) is 4. The van der Waals surface area contributed by atoms with Crippen LogP contribution < -0.4 is 10.6 Å². The van der Waals surface area contributed by atoms with Gasteiger partial charge in [-0.15, -0.1) is 0 Å². The second-order valence-corrected chi connectivity index (χ2v) is 6.96. The van der Waals surface area contributed by atoms with Crippen LogP contribution in [0.3, 0.4) is 0 Å². The first-order valence-corrected chi connectivity index (χ1v) is 7.88. The van der Waals surface area contributed by atoms with Crippen LogP contribution >= 0.6 is 22.6 Å². The highest BCUT2D eigenvalue weighted by atomic mass is 127. The van der Waals surface area contributed by atoms with E-state index in [0.29, 0.717) is 25.3 Å². The van der Waals surface area contributed by atoms with Gasteiger partial charge in [-0.25, -0.2) is 4.39 Å².